The quantitative estimate of drug-likeness (QED) is 0.774. The Balaban J connectivity index is 1.89. The van der Waals surface area contributed by atoms with Crippen molar-refractivity contribution < 1.29 is 0 Å². The van der Waals surface area contributed by atoms with Crippen molar-refractivity contribution in [1.29, 1.82) is 0 Å². The molecule has 0 radical (unpaired) electrons. The Labute approximate surface area is 150 Å². The monoisotopic (exact) mass is 342 g/mol. The van der Waals surface area contributed by atoms with Crippen LogP contribution in [0.3, 0.4) is 0 Å². The molecule has 0 atom stereocenters. The van der Waals surface area contributed by atoms with Crippen molar-refractivity contribution in [3.05, 3.63) is 24.4 Å². The molecule has 1 aliphatic rings. The van der Waals surface area contributed by atoms with Crippen molar-refractivity contribution in [3.63, 3.8) is 0 Å². The number of aromatic nitrogens is 4. The van der Waals surface area contributed by atoms with Crippen LogP contribution in [0.2, 0.25) is 0 Å². The second-order valence-corrected chi connectivity index (χ2v) is 7.31. The second kappa shape index (κ2) is 7.95. The average molecular weight is 342 g/mol. The molecule has 25 heavy (non-hydrogen) atoms. The maximum atomic E-state index is 4.52. The first-order valence-corrected chi connectivity index (χ1v) is 9.43. The number of anilines is 1. The zero-order valence-corrected chi connectivity index (χ0v) is 15.9. The Morgan fingerprint density at radius 1 is 1.04 bits per heavy atom. The third-order valence-electron chi connectivity index (χ3n) is 4.92. The van der Waals surface area contributed by atoms with Gasteiger partial charge < -0.3 is 4.90 Å². The highest BCUT2D eigenvalue weighted by Crippen LogP contribution is 2.24. The molecule has 2 aromatic rings. The summed E-state index contributed by atoms with van der Waals surface area (Å²) < 4.78 is 2.26. The van der Waals surface area contributed by atoms with E-state index in [0.29, 0.717) is 12.1 Å². The molecule has 2 aromatic heterocycles. The van der Waals surface area contributed by atoms with Gasteiger partial charge in [-0.25, -0.2) is 0 Å². The summed E-state index contributed by atoms with van der Waals surface area (Å²) in [6, 6.07) is 6.99. The Kier molecular flexibility index (Phi) is 5.68. The van der Waals surface area contributed by atoms with Crippen LogP contribution in [0, 0.1) is 0 Å². The fraction of sp³-hybridized carbons (Fsp3) is 0.632. The molecule has 0 N–H and O–H groups in total. The normalized spacial score (nSPS) is 15.1. The maximum Gasteiger partial charge on any atom is 0.227 e. The zero-order valence-electron chi connectivity index (χ0n) is 15.9. The SMILES string of the molecule is CC(C)N(CCn1c(-c2ccccn2)nnc1N1CCCC1)C(C)C. The summed E-state index contributed by atoms with van der Waals surface area (Å²) in [6.45, 7) is 13.0. The van der Waals surface area contributed by atoms with Crippen molar-refractivity contribution >= 4 is 5.95 Å². The molecule has 136 valence electrons. The van der Waals surface area contributed by atoms with Crippen molar-refractivity contribution in [2.45, 2.75) is 59.2 Å². The summed E-state index contributed by atoms with van der Waals surface area (Å²) in [4.78, 5) is 9.36. The van der Waals surface area contributed by atoms with E-state index >= 15 is 0 Å². The van der Waals surface area contributed by atoms with Gasteiger partial charge in [0.15, 0.2) is 5.82 Å². The molecular formula is C19H30N6. The van der Waals surface area contributed by atoms with Gasteiger partial charge in [0.05, 0.1) is 0 Å². The summed E-state index contributed by atoms with van der Waals surface area (Å²) >= 11 is 0. The van der Waals surface area contributed by atoms with Crippen molar-refractivity contribution in [1.82, 2.24) is 24.6 Å². The molecule has 1 saturated heterocycles. The van der Waals surface area contributed by atoms with Gasteiger partial charge in [-0.05, 0) is 52.7 Å². The van der Waals surface area contributed by atoms with Crippen LogP contribution in [0.25, 0.3) is 11.5 Å². The van der Waals surface area contributed by atoms with E-state index in [2.05, 4.69) is 57.2 Å². The topological polar surface area (TPSA) is 50.1 Å². The molecular weight excluding hydrogens is 312 g/mol. The Bertz CT molecular complexity index is 650. The predicted octanol–water partition coefficient (Wildman–Crippen LogP) is 3.06. The fourth-order valence-electron chi connectivity index (χ4n) is 3.66. The standard InChI is InChI=1S/C19H30N6/c1-15(2)24(16(3)4)13-14-25-18(17-9-5-6-10-20-17)21-22-19(25)23-11-7-8-12-23/h5-6,9-10,15-16H,7-8,11-14H2,1-4H3. The third-order valence-corrected chi connectivity index (χ3v) is 4.92. The minimum absolute atomic E-state index is 0.519. The smallest absolute Gasteiger partial charge is 0.227 e. The van der Waals surface area contributed by atoms with Gasteiger partial charge in [-0.1, -0.05) is 6.07 Å². The Morgan fingerprint density at radius 3 is 2.36 bits per heavy atom. The molecule has 6 heteroatoms. The van der Waals surface area contributed by atoms with Gasteiger partial charge in [-0.15, -0.1) is 10.2 Å². The van der Waals surface area contributed by atoms with E-state index < -0.39 is 0 Å². The van der Waals surface area contributed by atoms with Crippen LogP contribution in [-0.2, 0) is 6.54 Å². The molecule has 3 heterocycles. The second-order valence-electron chi connectivity index (χ2n) is 7.31. The van der Waals surface area contributed by atoms with E-state index in [4.69, 9.17) is 0 Å². The minimum Gasteiger partial charge on any atom is -0.341 e. The number of hydrogen-bond acceptors (Lipinski definition) is 5. The zero-order chi connectivity index (χ0) is 17.8. The first kappa shape index (κ1) is 17.9. The largest absolute Gasteiger partial charge is 0.341 e. The van der Waals surface area contributed by atoms with Crippen molar-refractivity contribution in [3.8, 4) is 11.5 Å². The fourth-order valence-corrected chi connectivity index (χ4v) is 3.66. The van der Waals surface area contributed by atoms with Crippen LogP contribution in [0.4, 0.5) is 5.95 Å². The van der Waals surface area contributed by atoms with Gasteiger partial charge in [-0.2, -0.15) is 0 Å². The Hall–Kier alpha value is -1.95. The lowest BCUT2D eigenvalue weighted by Crippen LogP contribution is -2.39. The third kappa shape index (κ3) is 4.00. The summed E-state index contributed by atoms with van der Waals surface area (Å²) in [5, 5.41) is 9.01. The lowest BCUT2D eigenvalue weighted by Gasteiger charge is -2.31. The van der Waals surface area contributed by atoms with Gasteiger partial charge in [0.25, 0.3) is 0 Å². The van der Waals surface area contributed by atoms with Crippen LogP contribution < -0.4 is 4.90 Å². The molecule has 0 spiro atoms. The molecule has 0 bridgehead atoms. The van der Waals surface area contributed by atoms with E-state index in [1.165, 1.54) is 12.8 Å². The van der Waals surface area contributed by atoms with Crippen molar-refractivity contribution in [2.24, 2.45) is 0 Å². The van der Waals surface area contributed by atoms with E-state index in [-0.39, 0.29) is 0 Å². The number of hydrogen-bond donors (Lipinski definition) is 0. The number of rotatable bonds is 7. The highest BCUT2D eigenvalue weighted by molar-refractivity contribution is 5.52. The predicted molar refractivity (Wildman–Crippen MR) is 102 cm³/mol. The molecule has 0 unspecified atom stereocenters. The van der Waals surface area contributed by atoms with Crippen LogP contribution in [0.1, 0.15) is 40.5 Å². The molecule has 0 aliphatic carbocycles. The number of pyridine rings is 1. The van der Waals surface area contributed by atoms with E-state index in [0.717, 1.165) is 43.6 Å². The van der Waals surface area contributed by atoms with Crippen LogP contribution >= 0.6 is 0 Å². The summed E-state index contributed by atoms with van der Waals surface area (Å²) in [6.07, 6.45) is 4.28. The molecule has 1 fully saturated rings. The number of nitrogens with zero attached hydrogens (tertiary/aromatic N) is 6. The first-order valence-electron chi connectivity index (χ1n) is 9.43. The van der Waals surface area contributed by atoms with Crippen LogP contribution in [-0.4, -0.2) is 56.4 Å². The lowest BCUT2D eigenvalue weighted by atomic mass is 10.2. The average Bonchev–Trinajstić information content (AvgIpc) is 3.24. The molecule has 3 rings (SSSR count). The summed E-state index contributed by atoms with van der Waals surface area (Å²) in [5.74, 6) is 1.86. The van der Waals surface area contributed by atoms with Crippen LogP contribution in [0.15, 0.2) is 24.4 Å². The van der Waals surface area contributed by atoms with E-state index in [1.807, 2.05) is 24.4 Å². The molecule has 0 aromatic carbocycles. The van der Waals surface area contributed by atoms with Crippen LogP contribution in [0.5, 0.6) is 0 Å². The first-order chi connectivity index (χ1) is 12.1. The van der Waals surface area contributed by atoms with E-state index in [1.54, 1.807) is 0 Å². The Morgan fingerprint density at radius 2 is 1.76 bits per heavy atom. The van der Waals surface area contributed by atoms with E-state index in [9.17, 15) is 0 Å². The molecule has 0 saturated carbocycles. The highest BCUT2D eigenvalue weighted by Gasteiger charge is 2.23. The van der Waals surface area contributed by atoms with Gasteiger partial charge >= 0.3 is 0 Å². The molecule has 1 aliphatic heterocycles. The van der Waals surface area contributed by atoms with Gasteiger partial charge in [-0.3, -0.25) is 14.5 Å². The molecule has 0 amide bonds. The van der Waals surface area contributed by atoms with Gasteiger partial charge in [0.2, 0.25) is 5.95 Å². The summed E-state index contributed by atoms with van der Waals surface area (Å²) in [7, 11) is 0. The minimum atomic E-state index is 0.519. The highest BCUT2D eigenvalue weighted by atomic mass is 15.4. The lowest BCUT2D eigenvalue weighted by molar-refractivity contribution is 0.168. The molecule has 6 nitrogen and oxygen atoms in total. The summed E-state index contributed by atoms with van der Waals surface area (Å²) in [5.41, 5.74) is 0.890. The van der Waals surface area contributed by atoms with Gasteiger partial charge in [0.1, 0.15) is 5.69 Å². The van der Waals surface area contributed by atoms with Crippen molar-refractivity contribution in [2.75, 3.05) is 24.5 Å². The van der Waals surface area contributed by atoms with Gasteiger partial charge in [0, 0.05) is 44.5 Å². The maximum absolute atomic E-state index is 4.52.